The lowest BCUT2D eigenvalue weighted by Crippen LogP contribution is -2.01. The highest BCUT2D eigenvalue weighted by Gasteiger charge is 2.06. The van der Waals surface area contributed by atoms with Crippen molar-refractivity contribution in [1.82, 2.24) is 0 Å². The Labute approximate surface area is 134 Å². The van der Waals surface area contributed by atoms with Gasteiger partial charge in [0.05, 0.1) is 0 Å². The predicted octanol–water partition coefficient (Wildman–Crippen LogP) is 3.50. The van der Waals surface area contributed by atoms with E-state index in [0.717, 1.165) is 11.3 Å². The molecule has 0 radical (unpaired) electrons. The Hall–Kier alpha value is -3.75. The molecule has 1 N–H and O–H groups in total. The molecular formula is C18H12N4O. The Bertz CT molecular complexity index is 803. The number of ether oxygens (including phenoxy) is 1. The van der Waals surface area contributed by atoms with Gasteiger partial charge in [0.25, 0.3) is 0 Å². The molecule has 5 nitrogen and oxygen atoms in total. The van der Waals surface area contributed by atoms with Crippen molar-refractivity contribution in [2.45, 2.75) is 6.61 Å². The van der Waals surface area contributed by atoms with Gasteiger partial charge in [-0.2, -0.15) is 15.8 Å². The maximum atomic E-state index is 8.99. The van der Waals surface area contributed by atoms with Crippen LogP contribution in [-0.4, -0.2) is 0 Å². The molecule has 0 spiro atoms. The van der Waals surface area contributed by atoms with Gasteiger partial charge in [-0.3, -0.25) is 0 Å². The molecule has 23 heavy (non-hydrogen) atoms. The molecule has 0 aliphatic carbocycles. The van der Waals surface area contributed by atoms with Gasteiger partial charge < -0.3 is 10.1 Å². The lowest BCUT2D eigenvalue weighted by Gasteiger charge is -2.08. The Balaban J connectivity index is 2.03. The van der Waals surface area contributed by atoms with Crippen LogP contribution in [0.5, 0.6) is 5.75 Å². The normalized spacial score (nSPS) is 8.91. The Morgan fingerprint density at radius 3 is 2.09 bits per heavy atom. The summed E-state index contributed by atoms with van der Waals surface area (Å²) in [6.07, 6.45) is 0. The first kappa shape index (κ1) is 15.6. The van der Waals surface area contributed by atoms with Crippen molar-refractivity contribution in [2.75, 3.05) is 5.32 Å². The summed E-state index contributed by atoms with van der Waals surface area (Å²) in [5, 5.41) is 29.3. The van der Waals surface area contributed by atoms with E-state index in [1.807, 2.05) is 48.5 Å². The van der Waals surface area contributed by atoms with Crippen molar-refractivity contribution in [1.29, 1.82) is 15.8 Å². The number of rotatable bonds is 5. The first-order valence-electron chi connectivity index (χ1n) is 6.75. The van der Waals surface area contributed by atoms with Gasteiger partial charge in [0.2, 0.25) is 0 Å². The van der Waals surface area contributed by atoms with Crippen molar-refractivity contribution in [3.63, 3.8) is 0 Å². The van der Waals surface area contributed by atoms with Crippen LogP contribution in [0, 0.1) is 34.0 Å². The van der Waals surface area contributed by atoms with Gasteiger partial charge in [-0.05, 0) is 29.8 Å². The number of hydrogen-bond donors (Lipinski definition) is 1. The number of nitriles is 3. The van der Waals surface area contributed by atoms with Crippen LogP contribution in [0.15, 0.2) is 65.9 Å². The topological polar surface area (TPSA) is 92.6 Å². The monoisotopic (exact) mass is 300 g/mol. The number of nitrogens with one attached hydrogen (secondary N) is 1. The van der Waals surface area contributed by atoms with Crippen LogP contribution in [-0.2, 0) is 6.61 Å². The van der Waals surface area contributed by atoms with Gasteiger partial charge in [0.15, 0.2) is 5.57 Å². The summed E-state index contributed by atoms with van der Waals surface area (Å²) in [5.74, 6) is 0.789. The number of nitrogens with zero attached hydrogens (tertiary/aromatic N) is 3. The zero-order valence-corrected chi connectivity index (χ0v) is 12.2. The fourth-order valence-electron chi connectivity index (χ4n) is 1.80. The molecule has 0 bridgehead atoms. The minimum Gasteiger partial charge on any atom is -0.489 e. The number of benzene rings is 2. The maximum Gasteiger partial charge on any atom is 0.163 e. The molecule has 0 aliphatic heterocycles. The van der Waals surface area contributed by atoms with Crippen molar-refractivity contribution < 1.29 is 4.74 Å². The van der Waals surface area contributed by atoms with E-state index in [-0.39, 0.29) is 11.3 Å². The minimum atomic E-state index is -0.246. The van der Waals surface area contributed by atoms with Gasteiger partial charge in [0.1, 0.15) is 36.3 Å². The standard InChI is InChI=1S/C18H12N4O/c19-10-15(11-20)18(12-21)22-16-8-6-14(7-9-16)13-23-17-4-2-1-3-5-17/h1-9,22H,13H2. The first-order valence-corrected chi connectivity index (χ1v) is 6.75. The summed E-state index contributed by atoms with van der Waals surface area (Å²) in [5.41, 5.74) is 1.27. The molecular weight excluding hydrogens is 288 g/mol. The first-order chi connectivity index (χ1) is 11.3. The summed E-state index contributed by atoms with van der Waals surface area (Å²) in [6.45, 7) is 0.423. The zero-order valence-electron chi connectivity index (χ0n) is 12.2. The Morgan fingerprint density at radius 2 is 1.52 bits per heavy atom. The molecule has 110 valence electrons. The van der Waals surface area contributed by atoms with Crippen LogP contribution < -0.4 is 10.1 Å². The highest BCUT2D eigenvalue weighted by atomic mass is 16.5. The molecule has 2 rings (SSSR count). The summed E-state index contributed by atoms with van der Waals surface area (Å²) < 4.78 is 5.64. The Kier molecular flexibility index (Phi) is 5.36. The molecule has 0 aliphatic rings. The predicted molar refractivity (Wildman–Crippen MR) is 84.7 cm³/mol. The second-order valence-electron chi connectivity index (χ2n) is 4.51. The van der Waals surface area contributed by atoms with E-state index in [9.17, 15) is 0 Å². The fourth-order valence-corrected chi connectivity index (χ4v) is 1.80. The molecule has 0 heterocycles. The van der Waals surface area contributed by atoms with Crippen molar-refractivity contribution >= 4 is 5.69 Å². The van der Waals surface area contributed by atoms with Crippen molar-refractivity contribution in [2.24, 2.45) is 0 Å². The lowest BCUT2D eigenvalue weighted by molar-refractivity contribution is 0.306. The second kappa shape index (κ2) is 7.88. The van der Waals surface area contributed by atoms with Crippen LogP contribution in [0.1, 0.15) is 5.56 Å². The molecule has 0 fully saturated rings. The molecule has 0 atom stereocenters. The van der Waals surface area contributed by atoms with Crippen molar-refractivity contribution in [3.8, 4) is 24.0 Å². The van der Waals surface area contributed by atoms with Crippen LogP contribution in [0.3, 0.4) is 0 Å². The molecule has 2 aromatic rings. The van der Waals surface area contributed by atoms with Crippen LogP contribution in [0.25, 0.3) is 0 Å². The molecule has 0 aromatic heterocycles. The van der Waals surface area contributed by atoms with Crippen molar-refractivity contribution in [3.05, 3.63) is 71.4 Å². The van der Waals surface area contributed by atoms with E-state index in [1.54, 1.807) is 24.3 Å². The van der Waals surface area contributed by atoms with E-state index in [1.165, 1.54) is 0 Å². The largest absolute Gasteiger partial charge is 0.489 e. The third-order valence-corrected chi connectivity index (χ3v) is 2.96. The van der Waals surface area contributed by atoms with Crippen LogP contribution >= 0.6 is 0 Å². The second-order valence-corrected chi connectivity index (χ2v) is 4.51. The summed E-state index contributed by atoms with van der Waals surface area (Å²) in [7, 11) is 0. The van der Waals surface area contributed by atoms with Crippen LogP contribution in [0.2, 0.25) is 0 Å². The lowest BCUT2D eigenvalue weighted by atomic mass is 10.2. The SMILES string of the molecule is N#CC(C#N)=C(C#N)Nc1ccc(COc2ccccc2)cc1. The number of allylic oxidation sites excluding steroid dienone is 2. The summed E-state index contributed by atoms with van der Waals surface area (Å²) in [6, 6.07) is 21.9. The summed E-state index contributed by atoms with van der Waals surface area (Å²) in [4.78, 5) is 0. The number of anilines is 1. The van der Waals surface area contributed by atoms with Gasteiger partial charge in [-0.1, -0.05) is 30.3 Å². The highest BCUT2D eigenvalue weighted by molar-refractivity contribution is 5.58. The van der Waals surface area contributed by atoms with E-state index in [2.05, 4.69) is 5.32 Å². The molecule has 0 saturated heterocycles. The van der Waals surface area contributed by atoms with E-state index < -0.39 is 0 Å². The molecule has 0 amide bonds. The quantitative estimate of drug-likeness (QED) is 0.853. The smallest absolute Gasteiger partial charge is 0.163 e. The van der Waals surface area contributed by atoms with E-state index in [0.29, 0.717) is 12.3 Å². The average molecular weight is 300 g/mol. The molecule has 0 unspecified atom stereocenters. The van der Waals surface area contributed by atoms with Gasteiger partial charge in [0, 0.05) is 5.69 Å². The van der Waals surface area contributed by atoms with Gasteiger partial charge >= 0.3 is 0 Å². The van der Waals surface area contributed by atoms with Gasteiger partial charge in [-0.15, -0.1) is 0 Å². The average Bonchev–Trinajstić information content (AvgIpc) is 2.62. The zero-order chi connectivity index (χ0) is 16.5. The molecule has 0 saturated carbocycles. The van der Waals surface area contributed by atoms with E-state index >= 15 is 0 Å². The maximum absolute atomic E-state index is 8.99. The van der Waals surface area contributed by atoms with Gasteiger partial charge in [-0.25, -0.2) is 0 Å². The fraction of sp³-hybridized carbons (Fsp3) is 0.0556. The third-order valence-electron chi connectivity index (χ3n) is 2.96. The van der Waals surface area contributed by atoms with Crippen LogP contribution in [0.4, 0.5) is 5.69 Å². The minimum absolute atomic E-state index is 0.0664. The van der Waals surface area contributed by atoms with E-state index in [4.69, 9.17) is 20.5 Å². The third kappa shape index (κ3) is 4.36. The number of para-hydroxylation sites is 1. The Morgan fingerprint density at radius 1 is 0.870 bits per heavy atom. The molecule has 2 aromatic carbocycles. The number of hydrogen-bond acceptors (Lipinski definition) is 5. The summed E-state index contributed by atoms with van der Waals surface area (Å²) >= 11 is 0. The highest BCUT2D eigenvalue weighted by Crippen LogP contribution is 2.16. The molecule has 5 heteroatoms.